The van der Waals surface area contributed by atoms with E-state index in [1.54, 1.807) is 0 Å². The number of nitrogens with two attached hydrogens (primary N) is 1. The van der Waals surface area contributed by atoms with Crippen LogP contribution in [-0.4, -0.2) is 12.2 Å². The molecule has 1 aromatic carbocycles. The summed E-state index contributed by atoms with van der Waals surface area (Å²) in [6.07, 6.45) is -5.38. The van der Waals surface area contributed by atoms with Crippen molar-refractivity contribution in [3.8, 4) is 0 Å². The van der Waals surface area contributed by atoms with E-state index in [9.17, 15) is 22.0 Å². The highest BCUT2D eigenvalue weighted by molar-refractivity contribution is 5.20. The first-order valence-corrected chi connectivity index (χ1v) is 4.07. The maximum atomic E-state index is 13.0. The van der Waals surface area contributed by atoms with E-state index in [0.717, 1.165) is 18.2 Å². The molecule has 0 saturated heterocycles. The van der Waals surface area contributed by atoms with Crippen LogP contribution < -0.4 is 5.73 Å². The van der Waals surface area contributed by atoms with E-state index in [1.807, 2.05) is 0 Å². The Balaban J connectivity index is 2.86. The third-order valence-corrected chi connectivity index (χ3v) is 1.89. The molecule has 0 aliphatic carbocycles. The molecule has 1 rings (SSSR count). The SMILES string of the molecule is NC(Cc1cccc(F)c1F)C(F)(F)F. The summed E-state index contributed by atoms with van der Waals surface area (Å²) in [5.74, 6) is -2.46. The fourth-order valence-corrected chi connectivity index (χ4v) is 1.06. The summed E-state index contributed by atoms with van der Waals surface area (Å²) in [7, 11) is 0. The standard InChI is InChI=1S/C9H8F5N/c10-6-3-1-2-5(8(6)11)4-7(15)9(12,13)14/h1-3,7H,4,15H2. The summed E-state index contributed by atoms with van der Waals surface area (Å²) >= 11 is 0. The van der Waals surface area contributed by atoms with E-state index >= 15 is 0 Å². The van der Waals surface area contributed by atoms with Crippen molar-refractivity contribution in [1.29, 1.82) is 0 Å². The van der Waals surface area contributed by atoms with Crippen LogP contribution in [0.25, 0.3) is 0 Å². The molecule has 0 heterocycles. The van der Waals surface area contributed by atoms with Gasteiger partial charge >= 0.3 is 6.18 Å². The van der Waals surface area contributed by atoms with Crippen LogP contribution in [0.2, 0.25) is 0 Å². The minimum Gasteiger partial charge on any atom is -0.320 e. The number of halogens is 5. The van der Waals surface area contributed by atoms with Crippen LogP contribution in [0, 0.1) is 11.6 Å². The summed E-state index contributed by atoms with van der Waals surface area (Å²) in [5.41, 5.74) is 4.41. The Hall–Kier alpha value is -1.17. The van der Waals surface area contributed by atoms with Gasteiger partial charge in [-0.1, -0.05) is 12.1 Å². The predicted molar refractivity (Wildman–Crippen MR) is 44.1 cm³/mol. The highest BCUT2D eigenvalue weighted by atomic mass is 19.4. The minimum absolute atomic E-state index is 0.375. The molecule has 0 spiro atoms. The van der Waals surface area contributed by atoms with E-state index in [-0.39, 0.29) is 5.56 Å². The second-order valence-corrected chi connectivity index (χ2v) is 3.07. The van der Waals surface area contributed by atoms with Crippen LogP contribution in [0.15, 0.2) is 18.2 Å². The lowest BCUT2D eigenvalue weighted by Gasteiger charge is -2.15. The maximum absolute atomic E-state index is 13.0. The van der Waals surface area contributed by atoms with Gasteiger partial charge in [0, 0.05) is 0 Å². The van der Waals surface area contributed by atoms with Crippen LogP contribution in [0.4, 0.5) is 22.0 Å². The lowest BCUT2D eigenvalue weighted by Crippen LogP contribution is -2.39. The first-order chi connectivity index (χ1) is 6.82. The molecule has 0 aliphatic heterocycles. The average molecular weight is 225 g/mol. The van der Waals surface area contributed by atoms with Crippen molar-refractivity contribution in [1.82, 2.24) is 0 Å². The van der Waals surface area contributed by atoms with Gasteiger partial charge in [-0.25, -0.2) is 8.78 Å². The van der Waals surface area contributed by atoms with Crippen molar-refractivity contribution in [3.05, 3.63) is 35.4 Å². The second-order valence-electron chi connectivity index (χ2n) is 3.07. The van der Waals surface area contributed by atoms with Gasteiger partial charge in [0.2, 0.25) is 0 Å². The van der Waals surface area contributed by atoms with Crippen molar-refractivity contribution >= 4 is 0 Å². The summed E-state index contributed by atoms with van der Waals surface area (Å²) < 4.78 is 61.7. The van der Waals surface area contributed by atoms with Crippen molar-refractivity contribution in [2.24, 2.45) is 5.73 Å². The Labute approximate surface area is 82.7 Å². The molecule has 0 aromatic heterocycles. The van der Waals surface area contributed by atoms with Gasteiger partial charge in [0.15, 0.2) is 11.6 Å². The summed E-state index contributed by atoms with van der Waals surface area (Å²) in [4.78, 5) is 0. The fraction of sp³-hybridized carbons (Fsp3) is 0.333. The smallest absolute Gasteiger partial charge is 0.320 e. The van der Waals surface area contributed by atoms with Crippen molar-refractivity contribution in [3.63, 3.8) is 0 Å². The van der Waals surface area contributed by atoms with E-state index in [0.29, 0.717) is 0 Å². The molecule has 1 atom stereocenters. The minimum atomic E-state index is -4.61. The molecule has 15 heavy (non-hydrogen) atoms. The first-order valence-electron chi connectivity index (χ1n) is 4.07. The molecular formula is C9H8F5N. The first kappa shape index (κ1) is 11.9. The van der Waals surface area contributed by atoms with E-state index in [4.69, 9.17) is 5.73 Å². The van der Waals surface area contributed by atoms with E-state index < -0.39 is 30.3 Å². The van der Waals surface area contributed by atoms with Gasteiger partial charge in [-0.2, -0.15) is 13.2 Å². The van der Waals surface area contributed by atoms with Gasteiger partial charge in [0.25, 0.3) is 0 Å². The largest absolute Gasteiger partial charge is 0.403 e. The highest BCUT2D eigenvalue weighted by Crippen LogP contribution is 2.22. The summed E-state index contributed by atoms with van der Waals surface area (Å²) in [6.45, 7) is 0. The Morgan fingerprint density at radius 1 is 1.20 bits per heavy atom. The highest BCUT2D eigenvalue weighted by Gasteiger charge is 2.37. The lowest BCUT2D eigenvalue weighted by molar-refractivity contribution is -0.147. The van der Waals surface area contributed by atoms with Gasteiger partial charge in [-0.15, -0.1) is 0 Å². The molecule has 1 unspecified atom stereocenters. The lowest BCUT2D eigenvalue weighted by atomic mass is 10.1. The molecule has 0 fully saturated rings. The van der Waals surface area contributed by atoms with Gasteiger partial charge in [0.1, 0.15) is 6.04 Å². The quantitative estimate of drug-likeness (QED) is 0.768. The summed E-state index contributed by atoms with van der Waals surface area (Å²) in [5, 5.41) is 0. The van der Waals surface area contributed by atoms with Gasteiger partial charge < -0.3 is 5.73 Å². The number of benzene rings is 1. The van der Waals surface area contributed by atoms with E-state index in [1.165, 1.54) is 0 Å². The zero-order chi connectivity index (χ0) is 11.6. The van der Waals surface area contributed by atoms with Gasteiger partial charge in [-0.3, -0.25) is 0 Å². The molecule has 2 N–H and O–H groups in total. The molecule has 0 aliphatic rings. The van der Waals surface area contributed by atoms with Gasteiger partial charge in [0.05, 0.1) is 0 Å². The predicted octanol–water partition coefficient (Wildman–Crippen LogP) is 2.40. The molecular weight excluding hydrogens is 217 g/mol. The molecule has 1 nitrogen and oxygen atoms in total. The maximum Gasteiger partial charge on any atom is 0.403 e. The number of hydrogen-bond donors (Lipinski definition) is 1. The molecule has 84 valence electrons. The Morgan fingerprint density at radius 2 is 1.80 bits per heavy atom. The third kappa shape index (κ3) is 2.89. The topological polar surface area (TPSA) is 26.0 Å². The third-order valence-electron chi connectivity index (χ3n) is 1.89. The normalized spacial score (nSPS) is 14.0. The zero-order valence-corrected chi connectivity index (χ0v) is 7.48. The Bertz CT molecular complexity index is 347. The van der Waals surface area contributed by atoms with Crippen molar-refractivity contribution in [2.45, 2.75) is 18.6 Å². The van der Waals surface area contributed by atoms with Crippen molar-refractivity contribution < 1.29 is 22.0 Å². The number of rotatable bonds is 2. The molecule has 6 heteroatoms. The van der Waals surface area contributed by atoms with Crippen LogP contribution in [0.3, 0.4) is 0 Å². The number of alkyl halides is 3. The Kier molecular flexibility index (Phi) is 3.28. The fourth-order valence-electron chi connectivity index (χ4n) is 1.06. The monoisotopic (exact) mass is 225 g/mol. The molecule has 0 bridgehead atoms. The van der Waals surface area contributed by atoms with Crippen molar-refractivity contribution in [2.75, 3.05) is 0 Å². The zero-order valence-electron chi connectivity index (χ0n) is 7.48. The molecule has 0 amide bonds. The molecule has 0 saturated carbocycles. The Morgan fingerprint density at radius 3 is 2.33 bits per heavy atom. The van der Waals surface area contributed by atoms with Gasteiger partial charge in [-0.05, 0) is 18.1 Å². The van der Waals surface area contributed by atoms with Crippen LogP contribution in [-0.2, 0) is 6.42 Å². The second kappa shape index (κ2) is 4.14. The average Bonchev–Trinajstić information content (AvgIpc) is 2.11. The van der Waals surface area contributed by atoms with Crippen LogP contribution >= 0.6 is 0 Å². The van der Waals surface area contributed by atoms with Crippen LogP contribution in [0.1, 0.15) is 5.56 Å². The molecule has 0 radical (unpaired) electrons. The molecule has 1 aromatic rings. The van der Waals surface area contributed by atoms with E-state index in [2.05, 4.69) is 0 Å². The number of hydrogen-bond acceptors (Lipinski definition) is 1. The summed E-state index contributed by atoms with van der Waals surface area (Å²) in [6, 6.07) is 0.854. The van der Waals surface area contributed by atoms with Crippen LogP contribution in [0.5, 0.6) is 0 Å².